The summed E-state index contributed by atoms with van der Waals surface area (Å²) in [5, 5.41) is 18.9. The van der Waals surface area contributed by atoms with Crippen LogP contribution in [0, 0.1) is 11.8 Å². The monoisotopic (exact) mass is 298 g/mol. The van der Waals surface area contributed by atoms with Gasteiger partial charge in [0, 0.05) is 26.1 Å². The van der Waals surface area contributed by atoms with Crippen LogP contribution in [0.15, 0.2) is 0 Å². The number of carboxylic acid groups (broad SMARTS) is 1. The third-order valence-corrected chi connectivity index (χ3v) is 4.80. The van der Waals surface area contributed by atoms with E-state index in [1.54, 1.807) is 4.90 Å². The Labute approximate surface area is 125 Å². The molecule has 21 heavy (non-hydrogen) atoms. The highest BCUT2D eigenvalue weighted by molar-refractivity contribution is 5.83. The van der Waals surface area contributed by atoms with E-state index in [0.29, 0.717) is 24.9 Å². The van der Waals surface area contributed by atoms with Crippen LogP contribution in [-0.4, -0.2) is 63.8 Å². The molecular formula is C15H26N2O4. The molecule has 0 aliphatic carbocycles. The van der Waals surface area contributed by atoms with Gasteiger partial charge < -0.3 is 20.0 Å². The summed E-state index contributed by atoms with van der Waals surface area (Å²) < 4.78 is 0. The number of rotatable bonds is 2. The van der Waals surface area contributed by atoms with Gasteiger partial charge >= 0.3 is 12.0 Å². The van der Waals surface area contributed by atoms with Gasteiger partial charge in [0.05, 0.1) is 6.10 Å². The lowest BCUT2D eigenvalue weighted by molar-refractivity contribution is -0.141. The molecule has 0 radical (unpaired) electrons. The van der Waals surface area contributed by atoms with Crippen LogP contribution in [-0.2, 0) is 4.79 Å². The Kier molecular flexibility index (Phi) is 5.08. The Morgan fingerprint density at radius 3 is 2.52 bits per heavy atom. The summed E-state index contributed by atoms with van der Waals surface area (Å²) in [6.07, 6.45) is 2.45. The average Bonchev–Trinajstić information content (AvgIpc) is 2.66. The van der Waals surface area contributed by atoms with Crippen LogP contribution < -0.4 is 0 Å². The van der Waals surface area contributed by atoms with Gasteiger partial charge in [-0.2, -0.15) is 0 Å². The molecule has 2 rings (SSSR count). The number of nitrogens with zero attached hydrogens (tertiary/aromatic N) is 2. The topological polar surface area (TPSA) is 81.1 Å². The van der Waals surface area contributed by atoms with Gasteiger partial charge in [-0.25, -0.2) is 9.59 Å². The van der Waals surface area contributed by atoms with E-state index in [9.17, 15) is 19.8 Å². The first-order valence-corrected chi connectivity index (χ1v) is 7.86. The summed E-state index contributed by atoms with van der Waals surface area (Å²) in [5.74, 6) is 0.206. The summed E-state index contributed by atoms with van der Waals surface area (Å²) >= 11 is 0. The normalized spacial score (nSPS) is 30.6. The molecule has 2 saturated heterocycles. The fourth-order valence-corrected chi connectivity index (χ4v) is 3.42. The van der Waals surface area contributed by atoms with Crippen molar-refractivity contribution in [2.75, 3.05) is 19.6 Å². The van der Waals surface area contributed by atoms with Crippen LogP contribution in [0.3, 0.4) is 0 Å². The predicted octanol–water partition coefficient (Wildman–Crippen LogP) is 1.38. The molecule has 2 aliphatic rings. The molecule has 0 spiro atoms. The second-order valence-electron chi connectivity index (χ2n) is 6.60. The highest BCUT2D eigenvalue weighted by Crippen LogP contribution is 2.26. The minimum atomic E-state index is -1.03. The number of aliphatic carboxylic acids is 1. The lowest BCUT2D eigenvalue weighted by Gasteiger charge is -2.29. The predicted molar refractivity (Wildman–Crippen MR) is 77.9 cm³/mol. The second kappa shape index (κ2) is 6.64. The minimum absolute atomic E-state index is 0.125. The molecule has 2 aliphatic heterocycles. The number of likely N-dealkylation sites (tertiary alicyclic amines) is 2. The Morgan fingerprint density at radius 1 is 1.19 bits per heavy atom. The van der Waals surface area contributed by atoms with Crippen molar-refractivity contribution in [1.82, 2.24) is 9.80 Å². The number of aliphatic hydroxyl groups excluding tert-OH is 1. The number of carbonyl (C=O) groups is 2. The minimum Gasteiger partial charge on any atom is -0.480 e. The first-order chi connectivity index (χ1) is 9.90. The molecule has 120 valence electrons. The van der Waals surface area contributed by atoms with Gasteiger partial charge in [0.25, 0.3) is 0 Å². The molecule has 2 unspecified atom stereocenters. The lowest BCUT2D eigenvalue weighted by Crippen LogP contribution is -2.48. The number of carboxylic acids is 1. The van der Waals surface area contributed by atoms with Crippen molar-refractivity contribution >= 4 is 12.0 Å². The third-order valence-electron chi connectivity index (χ3n) is 4.80. The van der Waals surface area contributed by atoms with E-state index < -0.39 is 18.1 Å². The van der Waals surface area contributed by atoms with Crippen molar-refractivity contribution in [3.63, 3.8) is 0 Å². The van der Waals surface area contributed by atoms with Gasteiger partial charge in [-0.3, -0.25) is 0 Å². The highest BCUT2D eigenvalue weighted by atomic mass is 16.4. The Balaban J connectivity index is 2.00. The molecule has 2 amide bonds. The van der Waals surface area contributed by atoms with Gasteiger partial charge in [-0.05, 0) is 31.1 Å². The lowest BCUT2D eigenvalue weighted by atomic mass is 9.89. The maximum absolute atomic E-state index is 12.6. The summed E-state index contributed by atoms with van der Waals surface area (Å²) in [6, 6.07) is -1.12. The molecule has 0 aromatic carbocycles. The summed E-state index contributed by atoms with van der Waals surface area (Å²) in [6.45, 7) is 5.90. The number of hydrogen-bond donors (Lipinski definition) is 2. The van der Waals surface area contributed by atoms with E-state index in [1.165, 1.54) is 4.90 Å². The van der Waals surface area contributed by atoms with E-state index in [0.717, 1.165) is 19.3 Å². The number of amides is 2. The molecule has 3 atom stereocenters. The standard InChI is InChI=1S/C15H26N2O4/c1-10(2)11-4-3-6-16(7-5-11)15(21)17-9-12(18)8-13(17)14(19)20/h10-13,18H,3-9H2,1-2H3,(H,19,20)/t11?,12?,13-/m0/s1. The molecule has 0 aromatic heterocycles. The van der Waals surface area contributed by atoms with Crippen molar-refractivity contribution in [2.24, 2.45) is 11.8 Å². The van der Waals surface area contributed by atoms with Crippen molar-refractivity contribution in [1.29, 1.82) is 0 Å². The van der Waals surface area contributed by atoms with Crippen LogP contribution in [0.1, 0.15) is 39.5 Å². The van der Waals surface area contributed by atoms with E-state index in [-0.39, 0.29) is 19.0 Å². The first kappa shape index (κ1) is 16.1. The molecule has 2 fully saturated rings. The highest BCUT2D eigenvalue weighted by Gasteiger charge is 2.40. The fraction of sp³-hybridized carbons (Fsp3) is 0.867. The van der Waals surface area contributed by atoms with Crippen LogP contribution in [0.4, 0.5) is 4.79 Å². The molecule has 0 saturated carbocycles. The van der Waals surface area contributed by atoms with Crippen LogP contribution in [0.2, 0.25) is 0 Å². The van der Waals surface area contributed by atoms with Gasteiger partial charge in [0.15, 0.2) is 0 Å². The third kappa shape index (κ3) is 3.67. The quantitative estimate of drug-likeness (QED) is 0.807. The number of hydrogen-bond acceptors (Lipinski definition) is 3. The maximum atomic E-state index is 12.6. The van der Waals surface area contributed by atoms with Gasteiger partial charge in [-0.15, -0.1) is 0 Å². The molecule has 0 bridgehead atoms. The summed E-state index contributed by atoms with van der Waals surface area (Å²) in [5.41, 5.74) is 0. The maximum Gasteiger partial charge on any atom is 0.326 e. The zero-order chi connectivity index (χ0) is 15.6. The van der Waals surface area contributed by atoms with Gasteiger partial charge in [-0.1, -0.05) is 13.8 Å². The van der Waals surface area contributed by atoms with Crippen molar-refractivity contribution in [3.8, 4) is 0 Å². The number of carbonyl (C=O) groups excluding carboxylic acids is 1. The summed E-state index contributed by atoms with van der Waals surface area (Å²) in [4.78, 5) is 26.9. The zero-order valence-corrected chi connectivity index (χ0v) is 12.9. The van der Waals surface area contributed by atoms with Crippen molar-refractivity contribution in [2.45, 2.75) is 51.7 Å². The number of aliphatic hydroxyl groups is 1. The van der Waals surface area contributed by atoms with E-state index >= 15 is 0 Å². The van der Waals surface area contributed by atoms with Crippen LogP contribution in [0.25, 0.3) is 0 Å². The van der Waals surface area contributed by atoms with E-state index in [2.05, 4.69) is 13.8 Å². The van der Waals surface area contributed by atoms with Crippen molar-refractivity contribution in [3.05, 3.63) is 0 Å². The Hall–Kier alpha value is -1.30. The zero-order valence-electron chi connectivity index (χ0n) is 12.9. The largest absolute Gasteiger partial charge is 0.480 e. The number of urea groups is 1. The number of β-amino-alcohol motifs (C(OH)–C–C–N with tert-alkyl or cyclic N) is 1. The molecular weight excluding hydrogens is 272 g/mol. The summed E-state index contributed by atoms with van der Waals surface area (Å²) in [7, 11) is 0. The van der Waals surface area contributed by atoms with Gasteiger partial charge in [0.1, 0.15) is 6.04 Å². The Bertz CT molecular complexity index is 399. The van der Waals surface area contributed by atoms with E-state index in [4.69, 9.17) is 0 Å². The molecule has 0 aromatic rings. The average molecular weight is 298 g/mol. The fourth-order valence-electron chi connectivity index (χ4n) is 3.42. The van der Waals surface area contributed by atoms with E-state index in [1.807, 2.05) is 0 Å². The molecule has 6 nitrogen and oxygen atoms in total. The molecule has 2 heterocycles. The first-order valence-electron chi connectivity index (χ1n) is 7.86. The Morgan fingerprint density at radius 2 is 1.90 bits per heavy atom. The SMILES string of the molecule is CC(C)C1CCCN(C(=O)N2CC(O)C[C@H]2C(=O)O)CC1. The van der Waals surface area contributed by atoms with Gasteiger partial charge in [0.2, 0.25) is 0 Å². The molecule has 6 heteroatoms. The van der Waals surface area contributed by atoms with Crippen LogP contribution >= 0.6 is 0 Å². The molecule has 2 N–H and O–H groups in total. The second-order valence-corrected chi connectivity index (χ2v) is 6.60. The smallest absolute Gasteiger partial charge is 0.326 e. The van der Waals surface area contributed by atoms with Crippen molar-refractivity contribution < 1.29 is 19.8 Å². The van der Waals surface area contributed by atoms with Crippen LogP contribution in [0.5, 0.6) is 0 Å².